The van der Waals surface area contributed by atoms with E-state index in [1.54, 1.807) is 12.3 Å². The zero-order chi connectivity index (χ0) is 25.2. The van der Waals surface area contributed by atoms with Crippen molar-refractivity contribution in [1.29, 1.82) is 0 Å². The van der Waals surface area contributed by atoms with Gasteiger partial charge in [-0.15, -0.1) is 0 Å². The molecule has 1 saturated heterocycles. The second kappa shape index (κ2) is 10.0. The number of aliphatic hydroxyl groups is 1. The number of fused-ring (bicyclic) bond motifs is 1. The van der Waals surface area contributed by atoms with Gasteiger partial charge in [0.1, 0.15) is 18.1 Å². The molecule has 3 heterocycles. The topological polar surface area (TPSA) is 67.7 Å². The quantitative estimate of drug-likeness (QED) is 0.332. The molecule has 188 valence electrons. The zero-order valence-electron chi connectivity index (χ0n) is 19.2. The second-order valence-electron chi connectivity index (χ2n) is 8.68. The van der Waals surface area contributed by atoms with Crippen LogP contribution in [0.4, 0.5) is 13.2 Å². The molecular weight excluding hydrogens is 491 g/mol. The minimum Gasteiger partial charge on any atom is -0.492 e. The number of nitrogens with zero attached hydrogens (tertiary/aromatic N) is 3. The molecule has 36 heavy (non-hydrogen) atoms. The van der Waals surface area contributed by atoms with Crippen molar-refractivity contribution in [3.63, 3.8) is 0 Å². The third-order valence-electron chi connectivity index (χ3n) is 6.26. The van der Waals surface area contributed by atoms with Crippen molar-refractivity contribution in [3.05, 3.63) is 78.0 Å². The molecule has 10 heteroatoms. The van der Waals surface area contributed by atoms with Crippen LogP contribution in [0.25, 0.3) is 10.3 Å². The molecule has 5 rings (SSSR count). The Labute approximate surface area is 209 Å². The maximum absolute atomic E-state index is 13.0. The van der Waals surface area contributed by atoms with Gasteiger partial charge in [-0.1, -0.05) is 23.5 Å². The first-order valence-corrected chi connectivity index (χ1v) is 12.3. The molecule has 1 aliphatic heterocycles. The summed E-state index contributed by atoms with van der Waals surface area (Å²) < 4.78 is 51.8. The fourth-order valence-electron chi connectivity index (χ4n) is 4.21. The molecule has 6 nitrogen and oxygen atoms in total. The normalized spacial score (nSPS) is 16.2. The third-order valence-corrected chi connectivity index (χ3v) is 7.15. The van der Waals surface area contributed by atoms with Crippen molar-refractivity contribution in [2.24, 2.45) is 0 Å². The molecule has 0 amide bonds. The number of piperidine rings is 1. The van der Waals surface area contributed by atoms with E-state index in [9.17, 15) is 18.3 Å². The Bertz CT molecular complexity index is 1290. The monoisotopic (exact) mass is 515 g/mol. The van der Waals surface area contributed by atoms with Gasteiger partial charge in [0.2, 0.25) is 0 Å². The summed E-state index contributed by atoms with van der Waals surface area (Å²) in [5.41, 5.74) is -1.02. The molecule has 2 aromatic heterocycles. The molecule has 0 radical (unpaired) electrons. The molecule has 2 aromatic carbocycles. The fourth-order valence-corrected chi connectivity index (χ4v) is 5.00. The van der Waals surface area contributed by atoms with Crippen LogP contribution in [0.15, 0.2) is 66.9 Å². The van der Waals surface area contributed by atoms with Crippen LogP contribution in [0.5, 0.6) is 16.7 Å². The summed E-state index contributed by atoms with van der Waals surface area (Å²) in [5.74, 6) is 1.34. The first kappa shape index (κ1) is 24.5. The van der Waals surface area contributed by atoms with E-state index in [-0.39, 0.29) is 0 Å². The summed E-state index contributed by atoms with van der Waals surface area (Å²) in [6.07, 6.45) is -2.01. The van der Waals surface area contributed by atoms with E-state index in [4.69, 9.17) is 9.47 Å². The predicted molar refractivity (Wildman–Crippen MR) is 130 cm³/mol. The highest BCUT2D eigenvalue weighted by molar-refractivity contribution is 7.20. The summed E-state index contributed by atoms with van der Waals surface area (Å²) in [4.78, 5) is 10.7. The molecule has 1 N–H and O–H groups in total. The Balaban J connectivity index is 1.09. The number of ether oxygens (including phenoxy) is 2. The number of halogens is 3. The minimum atomic E-state index is -4.43. The average Bonchev–Trinajstić information content (AvgIpc) is 3.28. The van der Waals surface area contributed by atoms with Crippen molar-refractivity contribution >= 4 is 21.7 Å². The minimum absolute atomic E-state index is 0.317. The van der Waals surface area contributed by atoms with Gasteiger partial charge in [-0.05, 0) is 66.9 Å². The van der Waals surface area contributed by atoms with Gasteiger partial charge >= 0.3 is 6.18 Å². The Kier molecular flexibility index (Phi) is 6.83. The number of likely N-dealkylation sites (tertiary alicyclic amines) is 1. The van der Waals surface area contributed by atoms with E-state index in [0.29, 0.717) is 67.0 Å². The zero-order valence-corrected chi connectivity index (χ0v) is 20.1. The summed E-state index contributed by atoms with van der Waals surface area (Å²) in [6, 6.07) is 16.1. The molecule has 0 atom stereocenters. The van der Waals surface area contributed by atoms with Crippen LogP contribution in [0, 0.1) is 0 Å². The number of rotatable bonds is 7. The molecule has 0 aliphatic carbocycles. The van der Waals surface area contributed by atoms with Crippen LogP contribution >= 0.6 is 11.3 Å². The number of benzene rings is 2. The van der Waals surface area contributed by atoms with E-state index < -0.39 is 17.3 Å². The molecule has 4 aromatic rings. The first-order valence-electron chi connectivity index (χ1n) is 11.5. The van der Waals surface area contributed by atoms with Gasteiger partial charge in [0.15, 0.2) is 5.65 Å². The van der Waals surface area contributed by atoms with E-state index in [0.717, 1.165) is 16.8 Å². The van der Waals surface area contributed by atoms with Crippen molar-refractivity contribution in [3.8, 4) is 16.7 Å². The van der Waals surface area contributed by atoms with Crippen LogP contribution < -0.4 is 9.47 Å². The van der Waals surface area contributed by atoms with Crippen LogP contribution in [0.3, 0.4) is 0 Å². The molecular formula is C26H24F3N3O3S. The van der Waals surface area contributed by atoms with Gasteiger partial charge in [-0.3, -0.25) is 4.90 Å². The maximum Gasteiger partial charge on any atom is 0.416 e. The lowest BCUT2D eigenvalue weighted by Crippen LogP contribution is -2.44. The lowest BCUT2D eigenvalue weighted by atomic mass is 9.84. The van der Waals surface area contributed by atoms with E-state index >= 15 is 0 Å². The van der Waals surface area contributed by atoms with Crippen LogP contribution in [0.1, 0.15) is 24.0 Å². The fraction of sp³-hybridized carbons (Fsp3) is 0.308. The lowest BCUT2D eigenvalue weighted by Gasteiger charge is -2.38. The lowest BCUT2D eigenvalue weighted by molar-refractivity contribution is -0.137. The van der Waals surface area contributed by atoms with Gasteiger partial charge in [0, 0.05) is 25.8 Å². The SMILES string of the molecule is OC1(c2cccc(C(F)(F)F)c2)CCN(CCOc2ccc(Oc3nc4ncccc4s3)cc2)CC1. The number of thiazole rings is 1. The number of alkyl halides is 3. The van der Waals surface area contributed by atoms with Crippen LogP contribution in [0.2, 0.25) is 0 Å². The molecule has 0 saturated carbocycles. The number of hydrogen-bond donors (Lipinski definition) is 1. The van der Waals surface area contributed by atoms with Gasteiger partial charge in [-0.2, -0.15) is 18.2 Å². The van der Waals surface area contributed by atoms with Gasteiger partial charge < -0.3 is 14.6 Å². The van der Waals surface area contributed by atoms with Gasteiger partial charge in [0.05, 0.1) is 15.9 Å². The van der Waals surface area contributed by atoms with Crippen molar-refractivity contribution in [2.45, 2.75) is 24.6 Å². The van der Waals surface area contributed by atoms with Gasteiger partial charge in [0.25, 0.3) is 5.19 Å². The molecule has 0 bridgehead atoms. The van der Waals surface area contributed by atoms with Crippen LogP contribution in [-0.4, -0.2) is 46.2 Å². The Morgan fingerprint density at radius 1 is 1.00 bits per heavy atom. The standard InChI is InChI=1S/C26H24F3N3O3S/c27-26(28,29)19-4-1-3-18(17-19)25(33)10-13-32(14-11-25)15-16-34-20-6-8-21(9-7-20)35-24-31-23-22(36-24)5-2-12-30-23/h1-9,12,17,33H,10-11,13-16H2. The summed E-state index contributed by atoms with van der Waals surface area (Å²) in [5, 5.41) is 11.5. The largest absolute Gasteiger partial charge is 0.492 e. The average molecular weight is 516 g/mol. The Morgan fingerprint density at radius 2 is 1.75 bits per heavy atom. The number of hydrogen-bond acceptors (Lipinski definition) is 7. The van der Waals surface area contributed by atoms with Crippen LogP contribution in [-0.2, 0) is 11.8 Å². The first-order chi connectivity index (χ1) is 17.3. The number of pyridine rings is 1. The smallest absolute Gasteiger partial charge is 0.416 e. The summed E-state index contributed by atoms with van der Waals surface area (Å²) >= 11 is 1.43. The van der Waals surface area contributed by atoms with E-state index in [1.807, 2.05) is 36.4 Å². The Hall–Kier alpha value is -3.21. The number of aromatic nitrogens is 2. The molecule has 0 spiro atoms. The third kappa shape index (κ3) is 5.61. The van der Waals surface area contributed by atoms with E-state index in [2.05, 4.69) is 14.9 Å². The molecule has 1 aliphatic rings. The van der Waals surface area contributed by atoms with E-state index in [1.165, 1.54) is 17.4 Å². The maximum atomic E-state index is 13.0. The molecule has 0 unspecified atom stereocenters. The molecule has 1 fully saturated rings. The second-order valence-corrected chi connectivity index (χ2v) is 9.67. The summed E-state index contributed by atoms with van der Waals surface area (Å²) in [7, 11) is 0. The Morgan fingerprint density at radius 3 is 2.47 bits per heavy atom. The van der Waals surface area contributed by atoms with Gasteiger partial charge in [-0.25, -0.2) is 4.98 Å². The highest BCUT2D eigenvalue weighted by atomic mass is 32.1. The van der Waals surface area contributed by atoms with Crippen molar-refractivity contribution in [1.82, 2.24) is 14.9 Å². The highest BCUT2D eigenvalue weighted by Crippen LogP contribution is 2.37. The summed E-state index contributed by atoms with van der Waals surface area (Å²) in [6.45, 7) is 2.24. The van der Waals surface area contributed by atoms with Crippen molar-refractivity contribution in [2.75, 3.05) is 26.2 Å². The predicted octanol–water partition coefficient (Wildman–Crippen LogP) is 5.86. The highest BCUT2D eigenvalue weighted by Gasteiger charge is 2.37. The van der Waals surface area contributed by atoms with Crippen molar-refractivity contribution < 1.29 is 27.8 Å².